The highest BCUT2D eigenvalue weighted by molar-refractivity contribution is 5.50. The molecule has 1 aromatic carbocycles. The molecule has 0 aliphatic heterocycles. The standard InChI is InChI=1S/C9H10.C2H6.C2H4/c1-3-9-7-5-4-6-8(9)2;2*1-2/h3-7H,1H2,2H3;1-2H3;1-2H2. The lowest BCUT2D eigenvalue weighted by Gasteiger charge is -1.95. The zero-order chi connectivity index (χ0) is 10.7. The van der Waals surface area contributed by atoms with Crippen LogP contribution in [0.4, 0.5) is 0 Å². The van der Waals surface area contributed by atoms with Gasteiger partial charge in [-0.25, -0.2) is 0 Å². The second kappa shape index (κ2) is 10.7. The number of rotatable bonds is 1. The zero-order valence-electron chi connectivity index (χ0n) is 9.01. The Morgan fingerprint density at radius 3 is 1.85 bits per heavy atom. The van der Waals surface area contributed by atoms with Crippen LogP contribution >= 0.6 is 0 Å². The van der Waals surface area contributed by atoms with Crippen molar-refractivity contribution in [3.63, 3.8) is 0 Å². The molecule has 0 saturated heterocycles. The van der Waals surface area contributed by atoms with Gasteiger partial charge in [-0.3, -0.25) is 0 Å². The first-order valence-corrected chi connectivity index (χ1v) is 4.52. The van der Waals surface area contributed by atoms with Gasteiger partial charge in [-0.15, -0.1) is 13.2 Å². The van der Waals surface area contributed by atoms with E-state index in [1.165, 1.54) is 11.1 Å². The molecule has 0 unspecified atom stereocenters. The molecule has 0 saturated carbocycles. The van der Waals surface area contributed by atoms with Gasteiger partial charge in [0.05, 0.1) is 0 Å². The van der Waals surface area contributed by atoms with E-state index in [2.05, 4.69) is 38.8 Å². The van der Waals surface area contributed by atoms with Crippen LogP contribution in [0.15, 0.2) is 44.0 Å². The fraction of sp³-hybridized carbons (Fsp3) is 0.231. The number of hydrogen-bond donors (Lipinski definition) is 0. The Hall–Kier alpha value is -1.30. The predicted molar refractivity (Wildman–Crippen MR) is 63.9 cm³/mol. The second-order valence-electron chi connectivity index (χ2n) is 2.06. The van der Waals surface area contributed by atoms with Gasteiger partial charge < -0.3 is 0 Å². The van der Waals surface area contributed by atoms with Crippen LogP contribution in [0, 0.1) is 6.92 Å². The molecule has 13 heavy (non-hydrogen) atoms. The molecule has 0 amide bonds. The van der Waals surface area contributed by atoms with Crippen molar-refractivity contribution in [3.8, 4) is 0 Å². The fourth-order valence-electron chi connectivity index (χ4n) is 0.816. The molecule has 0 nitrogen and oxygen atoms in total. The Labute approximate surface area is 82.6 Å². The molecular weight excluding hydrogens is 156 g/mol. The van der Waals surface area contributed by atoms with Gasteiger partial charge in [0.15, 0.2) is 0 Å². The van der Waals surface area contributed by atoms with E-state index in [0.717, 1.165) is 0 Å². The molecule has 0 N–H and O–H groups in total. The van der Waals surface area contributed by atoms with E-state index < -0.39 is 0 Å². The summed E-state index contributed by atoms with van der Waals surface area (Å²) in [7, 11) is 0. The summed E-state index contributed by atoms with van der Waals surface area (Å²) in [4.78, 5) is 0. The van der Waals surface area contributed by atoms with Crippen molar-refractivity contribution in [2.24, 2.45) is 0 Å². The molecule has 0 aliphatic rings. The number of aryl methyl sites for hydroxylation is 1. The minimum absolute atomic E-state index is 1.22. The van der Waals surface area contributed by atoms with Gasteiger partial charge in [-0.05, 0) is 18.1 Å². The lowest BCUT2D eigenvalue weighted by Crippen LogP contribution is -1.75. The van der Waals surface area contributed by atoms with Gasteiger partial charge in [0.1, 0.15) is 0 Å². The van der Waals surface area contributed by atoms with Crippen LogP contribution in [0.25, 0.3) is 6.08 Å². The quantitative estimate of drug-likeness (QED) is 0.554. The maximum atomic E-state index is 3.69. The number of hydrogen-bond acceptors (Lipinski definition) is 0. The van der Waals surface area contributed by atoms with E-state index in [9.17, 15) is 0 Å². The Morgan fingerprint density at radius 2 is 1.54 bits per heavy atom. The molecule has 0 atom stereocenters. The summed E-state index contributed by atoms with van der Waals surface area (Å²) in [6.45, 7) is 15.8. The molecule has 0 aromatic heterocycles. The SMILES string of the molecule is C=C.C=Cc1ccccc1C.CC. The van der Waals surface area contributed by atoms with E-state index in [1.54, 1.807) is 0 Å². The molecule has 1 rings (SSSR count). The van der Waals surface area contributed by atoms with E-state index in [1.807, 2.05) is 32.1 Å². The summed E-state index contributed by atoms with van der Waals surface area (Å²) >= 11 is 0. The first-order chi connectivity index (χ1) is 6.34. The Kier molecular flexibility index (Phi) is 11.7. The van der Waals surface area contributed by atoms with Gasteiger partial charge in [0.2, 0.25) is 0 Å². The molecule has 0 heteroatoms. The maximum Gasteiger partial charge on any atom is -0.0233 e. The Morgan fingerprint density at radius 1 is 1.08 bits per heavy atom. The van der Waals surface area contributed by atoms with Gasteiger partial charge >= 0.3 is 0 Å². The summed E-state index contributed by atoms with van der Waals surface area (Å²) in [5, 5.41) is 0. The van der Waals surface area contributed by atoms with Crippen molar-refractivity contribution in [1.82, 2.24) is 0 Å². The van der Waals surface area contributed by atoms with E-state index in [0.29, 0.717) is 0 Å². The third-order valence-corrected chi connectivity index (χ3v) is 1.41. The van der Waals surface area contributed by atoms with Crippen LogP contribution < -0.4 is 0 Å². The smallest absolute Gasteiger partial charge is 0.0233 e. The minimum Gasteiger partial charge on any atom is -0.106 e. The van der Waals surface area contributed by atoms with Gasteiger partial charge in [0.25, 0.3) is 0 Å². The van der Waals surface area contributed by atoms with Crippen molar-refractivity contribution >= 4 is 6.08 Å². The molecule has 0 aliphatic carbocycles. The van der Waals surface area contributed by atoms with Crippen LogP contribution in [-0.2, 0) is 0 Å². The van der Waals surface area contributed by atoms with Crippen LogP contribution in [-0.4, -0.2) is 0 Å². The van der Waals surface area contributed by atoms with Crippen molar-refractivity contribution in [1.29, 1.82) is 0 Å². The predicted octanol–water partition coefficient (Wildman–Crippen LogP) is 4.47. The first-order valence-electron chi connectivity index (χ1n) is 4.52. The second-order valence-corrected chi connectivity index (χ2v) is 2.06. The minimum atomic E-state index is 1.22. The van der Waals surface area contributed by atoms with Crippen molar-refractivity contribution in [2.45, 2.75) is 20.8 Å². The summed E-state index contributed by atoms with van der Waals surface area (Å²) in [6.07, 6.45) is 1.87. The lowest BCUT2D eigenvalue weighted by molar-refractivity contribution is 1.45. The lowest BCUT2D eigenvalue weighted by atomic mass is 10.1. The topological polar surface area (TPSA) is 0 Å². The van der Waals surface area contributed by atoms with Gasteiger partial charge in [0, 0.05) is 0 Å². The largest absolute Gasteiger partial charge is 0.106 e. The average Bonchev–Trinajstić information content (AvgIpc) is 2.24. The van der Waals surface area contributed by atoms with E-state index >= 15 is 0 Å². The third-order valence-electron chi connectivity index (χ3n) is 1.41. The maximum absolute atomic E-state index is 3.69. The Bertz CT molecular complexity index is 223. The van der Waals surface area contributed by atoms with Crippen molar-refractivity contribution in [2.75, 3.05) is 0 Å². The highest BCUT2D eigenvalue weighted by atomic mass is 13.9. The molecule has 0 heterocycles. The average molecular weight is 176 g/mol. The van der Waals surface area contributed by atoms with E-state index in [4.69, 9.17) is 0 Å². The van der Waals surface area contributed by atoms with Crippen molar-refractivity contribution < 1.29 is 0 Å². The summed E-state index contributed by atoms with van der Waals surface area (Å²) in [6, 6.07) is 8.19. The van der Waals surface area contributed by atoms with Crippen molar-refractivity contribution in [3.05, 3.63) is 55.1 Å². The summed E-state index contributed by atoms with van der Waals surface area (Å²) < 4.78 is 0. The molecule has 0 radical (unpaired) electrons. The first kappa shape index (κ1) is 14.2. The Balaban J connectivity index is 0. The van der Waals surface area contributed by atoms with Crippen LogP contribution in [0.5, 0.6) is 0 Å². The van der Waals surface area contributed by atoms with Gasteiger partial charge in [-0.2, -0.15) is 0 Å². The van der Waals surface area contributed by atoms with E-state index in [-0.39, 0.29) is 0 Å². The fourth-order valence-corrected chi connectivity index (χ4v) is 0.816. The molecule has 0 bridgehead atoms. The highest BCUT2D eigenvalue weighted by Gasteiger charge is 1.86. The van der Waals surface area contributed by atoms with Crippen LogP contribution in [0.2, 0.25) is 0 Å². The highest BCUT2D eigenvalue weighted by Crippen LogP contribution is 2.06. The zero-order valence-corrected chi connectivity index (χ0v) is 9.01. The summed E-state index contributed by atoms with van der Waals surface area (Å²) in [5.74, 6) is 0. The van der Waals surface area contributed by atoms with Crippen LogP contribution in [0.1, 0.15) is 25.0 Å². The summed E-state index contributed by atoms with van der Waals surface area (Å²) in [5.41, 5.74) is 2.50. The third kappa shape index (κ3) is 5.92. The molecular formula is C13H20. The molecule has 0 spiro atoms. The monoisotopic (exact) mass is 176 g/mol. The normalized spacial score (nSPS) is 7.00. The molecule has 72 valence electrons. The van der Waals surface area contributed by atoms with Gasteiger partial charge in [-0.1, -0.05) is 50.8 Å². The van der Waals surface area contributed by atoms with Crippen LogP contribution in [0.3, 0.4) is 0 Å². The molecule has 1 aromatic rings. The molecule has 0 fully saturated rings. The number of benzene rings is 1.